The van der Waals surface area contributed by atoms with Gasteiger partial charge in [0, 0.05) is 13.7 Å². The van der Waals surface area contributed by atoms with Crippen LogP contribution in [0.2, 0.25) is 0 Å². The Morgan fingerprint density at radius 2 is 2.55 bits per heavy atom. The molecule has 0 aromatic carbocycles. The summed E-state index contributed by atoms with van der Waals surface area (Å²) in [4.78, 5) is 0. The van der Waals surface area contributed by atoms with Crippen molar-refractivity contribution in [2.24, 2.45) is 5.41 Å². The SMILES string of the molecule is COCC1(C#N)CCCNC1. The molecule has 1 heterocycles. The fraction of sp³-hybridized carbons (Fsp3) is 0.875. The maximum Gasteiger partial charge on any atom is 0.0930 e. The molecule has 0 aliphatic carbocycles. The first-order valence-corrected chi connectivity index (χ1v) is 3.94. The third kappa shape index (κ3) is 1.92. The van der Waals surface area contributed by atoms with Crippen LogP contribution in [0.3, 0.4) is 0 Å². The van der Waals surface area contributed by atoms with E-state index in [0.717, 1.165) is 25.9 Å². The Balaban J connectivity index is 2.51. The van der Waals surface area contributed by atoms with E-state index in [2.05, 4.69) is 11.4 Å². The molecule has 1 N–H and O–H groups in total. The minimum absolute atomic E-state index is 0.257. The Morgan fingerprint density at radius 3 is 3.00 bits per heavy atom. The Hall–Kier alpha value is -0.590. The predicted molar refractivity (Wildman–Crippen MR) is 42.0 cm³/mol. The minimum Gasteiger partial charge on any atom is -0.383 e. The van der Waals surface area contributed by atoms with Crippen molar-refractivity contribution in [2.45, 2.75) is 12.8 Å². The van der Waals surface area contributed by atoms with Crippen LogP contribution in [-0.2, 0) is 4.74 Å². The second-order valence-electron chi connectivity index (χ2n) is 3.11. The summed E-state index contributed by atoms with van der Waals surface area (Å²) in [5.41, 5.74) is -0.257. The molecule has 0 aromatic rings. The molecule has 1 unspecified atom stereocenters. The Bertz CT molecular complexity index is 150. The van der Waals surface area contributed by atoms with E-state index in [-0.39, 0.29) is 5.41 Å². The van der Waals surface area contributed by atoms with Gasteiger partial charge in [0.15, 0.2) is 0 Å². The highest BCUT2D eigenvalue weighted by Gasteiger charge is 2.31. The van der Waals surface area contributed by atoms with Gasteiger partial charge in [-0.3, -0.25) is 0 Å². The van der Waals surface area contributed by atoms with Gasteiger partial charge in [0.25, 0.3) is 0 Å². The topological polar surface area (TPSA) is 45.0 Å². The van der Waals surface area contributed by atoms with E-state index in [1.165, 1.54) is 0 Å². The summed E-state index contributed by atoms with van der Waals surface area (Å²) >= 11 is 0. The first kappa shape index (κ1) is 8.51. The van der Waals surface area contributed by atoms with Crippen molar-refractivity contribution in [1.82, 2.24) is 5.32 Å². The highest BCUT2D eigenvalue weighted by atomic mass is 16.5. The number of hydrogen-bond donors (Lipinski definition) is 1. The van der Waals surface area contributed by atoms with Gasteiger partial charge in [0.2, 0.25) is 0 Å². The standard InChI is InChI=1S/C8H14N2O/c1-11-7-8(5-9)3-2-4-10-6-8/h10H,2-4,6-7H2,1H3. The zero-order valence-corrected chi connectivity index (χ0v) is 6.89. The van der Waals surface area contributed by atoms with Gasteiger partial charge in [0.05, 0.1) is 18.1 Å². The van der Waals surface area contributed by atoms with Crippen LogP contribution in [0.25, 0.3) is 0 Å². The minimum atomic E-state index is -0.257. The van der Waals surface area contributed by atoms with Crippen molar-refractivity contribution in [3.8, 4) is 6.07 Å². The number of nitrogens with zero attached hydrogens (tertiary/aromatic N) is 1. The molecule has 3 nitrogen and oxygen atoms in total. The smallest absolute Gasteiger partial charge is 0.0930 e. The van der Waals surface area contributed by atoms with Crippen LogP contribution in [-0.4, -0.2) is 26.8 Å². The van der Waals surface area contributed by atoms with Crippen LogP contribution < -0.4 is 5.32 Å². The van der Waals surface area contributed by atoms with Crippen molar-refractivity contribution in [2.75, 3.05) is 26.8 Å². The summed E-state index contributed by atoms with van der Waals surface area (Å²) < 4.78 is 5.01. The second kappa shape index (κ2) is 3.70. The number of ether oxygens (including phenoxy) is 1. The van der Waals surface area contributed by atoms with Gasteiger partial charge in [-0.25, -0.2) is 0 Å². The molecule has 0 bridgehead atoms. The quantitative estimate of drug-likeness (QED) is 0.631. The molecule has 1 rings (SSSR count). The molecule has 0 spiro atoms. The van der Waals surface area contributed by atoms with E-state index in [1.54, 1.807) is 7.11 Å². The summed E-state index contributed by atoms with van der Waals surface area (Å²) in [6.45, 7) is 2.36. The van der Waals surface area contributed by atoms with Crippen molar-refractivity contribution in [3.63, 3.8) is 0 Å². The summed E-state index contributed by atoms with van der Waals surface area (Å²) in [6, 6.07) is 2.33. The van der Waals surface area contributed by atoms with Crippen LogP contribution in [0.5, 0.6) is 0 Å². The van der Waals surface area contributed by atoms with E-state index in [1.807, 2.05) is 0 Å². The zero-order chi connectivity index (χ0) is 8.16. The molecule has 11 heavy (non-hydrogen) atoms. The number of piperidine rings is 1. The number of methoxy groups -OCH3 is 1. The van der Waals surface area contributed by atoms with E-state index in [4.69, 9.17) is 10.00 Å². The number of nitriles is 1. The Labute approximate surface area is 67.3 Å². The van der Waals surface area contributed by atoms with Crippen LogP contribution in [0.4, 0.5) is 0 Å². The normalized spacial score (nSPS) is 31.3. The van der Waals surface area contributed by atoms with Crippen molar-refractivity contribution < 1.29 is 4.74 Å². The van der Waals surface area contributed by atoms with Gasteiger partial charge in [-0.05, 0) is 19.4 Å². The number of nitrogens with one attached hydrogen (secondary N) is 1. The molecule has 1 aliphatic heterocycles. The van der Waals surface area contributed by atoms with Crippen LogP contribution >= 0.6 is 0 Å². The molecule has 0 aromatic heterocycles. The first-order chi connectivity index (χ1) is 5.33. The molecule has 1 saturated heterocycles. The van der Waals surface area contributed by atoms with Crippen molar-refractivity contribution >= 4 is 0 Å². The van der Waals surface area contributed by atoms with E-state index in [9.17, 15) is 0 Å². The van der Waals surface area contributed by atoms with Gasteiger partial charge < -0.3 is 10.1 Å². The summed E-state index contributed by atoms with van der Waals surface area (Å²) in [6.07, 6.45) is 2.04. The molecule has 0 amide bonds. The molecule has 3 heteroatoms. The molecule has 1 fully saturated rings. The zero-order valence-electron chi connectivity index (χ0n) is 6.89. The number of rotatable bonds is 2. The summed E-state index contributed by atoms with van der Waals surface area (Å²) in [7, 11) is 1.65. The van der Waals surface area contributed by atoms with E-state index >= 15 is 0 Å². The monoisotopic (exact) mass is 154 g/mol. The molecular weight excluding hydrogens is 140 g/mol. The van der Waals surface area contributed by atoms with Gasteiger partial charge in [-0.2, -0.15) is 5.26 Å². The predicted octanol–water partition coefficient (Wildman–Crippen LogP) is 0.526. The maximum atomic E-state index is 8.90. The summed E-state index contributed by atoms with van der Waals surface area (Å²) in [5.74, 6) is 0. The second-order valence-corrected chi connectivity index (χ2v) is 3.11. The largest absolute Gasteiger partial charge is 0.383 e. The molecule has 1 atom stereocenters. The Morgan fingerprint density at radius 1 is 1.73 bits per heavy atom. The molecule has 62 valence electrons. The lowest BCUT2D eigenvalue weighted by atomic mass is 9.83. The van der Waals surface area contributed by atoms with Gasteiger partial charge in [0.1, 0.15) is 0 Å². The average molecular weight is 154 g/mol. The fourth-order valence-corrected chi connectivity index (χ4v) is 1.50. The number of hydrogen-bond acceptors (Lipinski definition) is 3. The third-order valence-electron chi connectivity index (χ3n) is 2.13. The van der Waals surface area contributed by atoms with Crippen LogP contribution in [0.1, 0.15) is 12.8 Å². The van der Waals surface area contributed by atoms with Crippen LogP contribution in [0, 0.1) is 16.7 Å². The van der Waals surface area contributed by atoms with Crippen molar-refractivity contribution in [1.29, 1.82) is 5.26 Å². The average Bonchev–Trinajstić information content (AvgIpc) is 2.07. The summed E-state index contributed by atoms with van der Waals surface area (Å²) in [5, 5.41) is 12.1. The van der Waals surface area contributed by atoms with Gasteiger partial charge in [-0.1, -0.05) is 0 Å². The molecule has 1 aliphatic rings. The first-order valence-electron chi connectivity index (χ1n) is 3.94. The lowest BCUT2D eigenvalue weighted by Gasteiger charge is -2.30. The van der Waals surface area contributed by atoms with Crippen molar-refractivity contribution in [3.05, 3.63) is 0 Å². The molecule has 0 saturated carbocycles. The maximum absolute atomic E-state index is 8.90. The van der Waals surface area contributed by atoms with Crippen LogP contribution in [0.15, 0.2) is 0 Å². The third-order valence-corrected chi connectivity index (χ3v) is 2.13. The molecule has 0 radical (unpaired) electrons. The van der Waals surface area contributed by atoms with E-state index < -0.39 is 0 Å². The fourth-order valence-electron chi connectivity index (χ4n) is 1.50. The van der Waals surface area contributed by atoms with Gasteiger partial charge >= 0.3 is 0 Å². The highest BCUT2D eigenvalue weighted by molar-refractivity contribution is 5.02. The van der Waals surface area contributed by atoms with E-state index in [0.29, 0.717) is 6.61 Å². The lowest BCUT2D eigenvalue weighted by Crippen LogP contribution is -2.41. The lowest BCUT2D eigenvalue weighted by molar-refractivity contribution is 0.0973. The Kier molecular flexibility index (Phi) is 2.86. The molecular formula is C8H14N2O. The van der Waals surface area contributed by atoms with Gasteiger partial charge in [-0.15, -0.1) is 0 Å². The highest BCUT2D eigenvalue weighted by Crippen LogP contribution is 2.24.